The van der Waals surface area contributed by atoms with Crippen LogP contribution in [-0.2, 0) is 0 Å². The third kappa shape index (κ3) is 4.67. The van der Waals surface area contributed by atoms with Gasteiger partial charge in [-0.15, -0.1) is 0 Å². The van der Waals surface area contributed by atoms with Crippen LogP contribution in [0.2, 0.25) is 0 Å². The van der Waals surface area contributed by atoms with Crippen molar-refractivity contribution < 1.29 is 26.7 Å². The fourth-order valence-corrected chi connectivity index (χ4v) is 3.93. The lowest BCUT2D eigenvalue weighted by molar-refractivity contribution is -0.153. The molecule has 0 fully saturated rings. The molecule has 0 radical (unpaired) electrons. The lowest BCUT2D eigenvalue weighted by Gasteiger charge is -2.21. The van der Waals surface area contributed by atoms with E-state index in [1.54, 1.807) is 6.92 Å². The van der Waals surface area contributed by atoms with E-state index in [1.807, 2.05) is 0 Å². The van der Waals surface area contributed by atoms with Crippen molar-refractivity contribution in [3.8, 4) is 11.4 Å². The summed E-state index contributed by atoms with van der Waals surface area (Å²) in [4.78, 5) is 28.7. The highest BCUT2D eigenvalue weighted by Gasteiger charge is 2.28. The van der Waals surface area contributed by atoms with Gasteiger partial charge in [0.15, 0.2) is 12.4 Å². The Morgan fingerprint density at radius 2 is 1.86 bits per heavy atom. The topological polar surface area (TPSA) is 97.7 Å². The number of aromatic amines is 1. The summed E-state index contributed by atoms with van der Waals surface area (Å²) in [5.41, 5.74) is -0.398. The first-order valence-electron chi connectivity index (χ1n) is 10.9. The molecule has 5 rings (SSSR count). The van der Waals surface area contributed by atoms with Gasteiger partial charge in [-0.3, -0.25) is 9.36 Å². The van der Waals surface area contributed by atoms with Crippen molar-refractivity contribution >= 4 is 27.8 Å². The van der Waals surface area contributed by atoms with Crippen LogP contribution in [0.25, 0.3) is 27.6 Å². The molecule has 3 heterocycles. The van der Waals surface area contributed by atoms with Crippen LogP contribution >= 0.6 is 0 Å². The minimum absolute atomic E-state index is 0.0648. The van der Waals surface area contributed by atoms with Gasteiger partial charge in [-0.05, 0) is 31.2 Å². The standard InChI is InChI=1S/C24H17F5N6O2/c1-12(33-21-19-16(26)9-30-20(19)31-11-32-21)22-34-17-7-3-6-15(25)18(17)23(36)35(22)13-4-2-5-14(8-13)37-10-24(27,28)29/h2-9,11-12H,10H2,1H3,(H2,30,31,32,33)/t12-/m0/s1. The summed E-state index contributed by atoms with van der Waals surface area (Å²) in [6.07, 6.45) is -2.24. The van der Waals surface area contributed by atoms with Crippen molar-refractivity contribution in [3.05, 3.63) is 82.8 Å². The Bertz CT molecular complexity index is 1680. The summed E-state index contributed by atoms with van der Waals surface area (Å²) in [5, 5.41) is 2.77. The van der Waals surface area contributed by atoms with E-state index in [1.165, 1.54) is 42.7 Å². The highest BCUT2D eigenvalue weighted by Crippen LogP contribution is 2.28. The van der Waals surface area contributed by atoms with Crippen molar-refractivity contribution in [3.63, 3.8) is 0 Å². The fourth-order valence-electron chi connectivity index (χ4n) is 3.93. The summed E-state index contributed by atoms with van der Waals surface area (Å²) in [6.45, 7) is 0.0820. The van der Waals surface area contributed by atoms with E-state index in [4.69, 9.17) is 4.74 Å². The molecule has 0 unspecified atom stereocenters. The van der Waals surface area contributed by atoms with Crippen LogP contribution in [0.15, 0.2) is 59.8 Å². The minimum atomic E-state index is -4.57. The molecule has 0 saturated carbocycles. The van der Waals surface area contributed by atoms with Gasteiger partial charge >= 0.3 is 6.18 Å². The summed E-state index contributed by atoms with van der Waals surface area (Å²) in [5.74, 6) is -1.40. The Balaban J connectivity index is 1.65. The fraction of sp³-hybridized carbons (Fsp3) is 0.167. The van der Waals surface area contributed by atoms with Gasteiger partial charge in [0.05, 0.1) is 22.6 Å². The molecule has 190 valence electrons. The third-order valence-electron chi connectivity index (χ3n) is 5.51. The smallest absolute Gasteiger partial charge is 0.422 e. The number of anilines is 1. The summed E-state index contributed by atoms with van der Waals surface area (Å²) in [6, 6.07) is 8.49. The number of hydrogen-bond acceptors (Lipinski definition) is 6. The van der Waals surface area contributed by atoms with Crippen LogP contribution < -0.4 is 15.6 Å². The van der Waals surface area contributed by atoms with Gasteiger partial charge in [0.25, 0.3) is 5.56 Å². The van der Waals surface area contributed by atoms with E-state index in [0.29, 0.717) is 0 Å². The van der Waals surface area contributed by atoms with Crippen LogP contribution in [0.5, 0.6) is 5.75 Å². The minimum Gasteiger partial charge on any atom is -0.484 e. The van der Waals surface area contributed by atoms with Crippen molar-refractivity contribution in [1.82, 2.24) is 24.5 Å². The molecule has 0 aliphatic heterocycles. The maximum atomic E-state index is 14.7. The largest absolute Gasteiger partial charge is 0.484 e. The monoisotopic (exact) mass is 516 g/mol. The van der Waals surface area contributed by atoms with Gasteiger partial charge in [0.2, 0.25) is 0 Å². The first-order valence-corrected chi connectivity index (χ1v) is 10.9. The van der Waals surface area contributed by atoms with E-state index in [9.17, 15) is 26.7 Å². The number of ether oxygens (including phenoxy) is 1. The second-order valence-electron chi connectivity index (χ2n) is 8.09. The molecular formula is C24H17F5N6O2. The van der Waals surface area contributed by atoms with Crippen molar-refractivity contribution in [1.29, 1.82) is 0 Å². The normalized spacial score (nSPS) is 12.7. The van der Waals surface area contributed by atoms with Crippen molar-refractivity contribution in [2.45, 2.75) is 19.1 Å². The maximum Gasteiger partial charge on any atom is 0.422 e. The van der Waals surface area contributed by atoms with E-state index in [0.717, 1.165) is 16.8 Å². The SMILES string of the molecule is C[C@H](Nc1ncnc2[nH]cc(F)c12)c1nc2cccc(F)c2c(=O)n1-c1cccc(OCC(F)(F)F)c1. The summed E-state index contributed by atoms with van der Waals surface area (Å²) in [7, 11) is 0. The van der Waals surface area contributed by atoms with Gasteiger partial charge < -0.3 is 15.0 Å². The van der Waals surface area contributed by atoms with Gasteiger partial charge in [-0.25, -0.2) is 23.7 Å². The number of nitrogens with zero attached hydrogens (tertiary/aromatic N) is 4. The van der Waals surface area contributed by atoms with Gasteiger partial charge in [0.1, 0.15) is 40.6 Å². The maximum absolute atomic E-state index is 14.7. The van der Waals surface area contributed by atoms with Gasteiger partial charge in [-0.1, -0.05) is 12.1 Å². The lowest BCUT2D eigenvalue weighted by atomic mass is 10.2. The number of rotatable bonds is 6. The average Bonchev–Trinajstić information content (AvgIpc) is 3.24. The number of hydrogen-bond donors (Lipinski definition) is 2. The number of nitrogens with one attached hydrogen (secondary N) is 2. The molecule has 0 spiro atoms. The molecule has 0 aliphatic carbocycles. The molecule has 2 N–H and O–H groups in total. The van der Waals surface area contributed by atoms with Crippen LogP contribution in [0.3, 0.4) is 0 Å². The Morgan fingerprint density at radius 1 is 1.08 bits per heavy atom. The molecule has 5 aromatic rings. The molecule has 1 atom stereocenters. The number of aromatic nitrogens is 5. The predicted octanol–water partition coefficient (Wildman–Crippen LogP) is 5.05. The molecule has 0 amide bonds. The Labute approximate surface area is 204 Å². The lowest BCUT2D eigenvalue weighted by Crippen LogP contribution is -2.28. The molecular weight excluding hydrogens is 499 g/mol. The summed E-state index contributed by atoms with van der Waals surface area (Å²) >= 11 is 0. The molecule has 3 aromatic heterocycles. The molecule has 13 heteroatoms. The van der Waals surface area contributed by atoms with Crippen LogP contribution in [0.4, 0.5) is 27.8 Å². The van der Waals surface area contributed by atoms with Crippen LogP contribution in [-0.4, -0.2) is 37.3 Å². The van der Waals surface area contributed by atoms with Crippen molar-refractivity contribution in [2.75, 3.05) is 11.9 Å². The second kappa shape index (κ2) is 9.15. The zero-order valence-electron chi connectivity index (χ0n) is 19.0. The number of alkyl halides is 3. The number of benzene rings is 2. The second-order valence-corrected chi connectivity index (χ2v) is 8.09. The molecule has 37 heavy (non-hydrogen) atoms. The molecule has 2 aromatic carbocycles. The highest BCUT2D eigenvalue weighted by atomic mass is 19.4. The van der Waals surface area contributed by atoms with Crippen molar-refractivity contribution in [2.24, 2.45) is 0 Å². The number of H-pyrrole nitrogens is 1. The van der Waals surface area contributed by atoms with E-state index in [-0.39, 0.29) is 45.0 Å². The highest BCUT2D eigenvalue weighted by molar-refractivity contribution is 5.87. The van der Waals surface area contributed by atoms with E-state index >= 15 is 0 Å². The third-order valence-corrected chi connectivity index (χ3v) is 5.51. The zero-order valence-corrected chi connectivity index (χ0v) is 19.0. The van der Waals surface area contributed by atoms with Gasteiger partial charge in [0, 0.05) is 12.3 Å². The number of halogens is 5. The van der Waals surface area contributed by atoms with E-state index < -0.39 is 36.0 Å². The molecule has 0 saturated heterocycles. The number of fused-ring (bicyclic) bond motifs is 2. The Morgan fingerprint density at radius 3 is 2.65 bits per heavy atom. The van der Waals surface area contributed by atoms with Crippen LogP contribution in [0.1, 0.15) is 18.8 Å². The Kier molecular flexibility index (Phi) is 5.97. The first-order chi connectivity index (χ1) is 17.6. The zero-order chi connectivity index (χ0) is 26.3. The van der Waals surface area contributed by atoms with Crippen LogP contribution in [0, 0.1) is 11.6 Å². The first kappa shape index (κ1) is 24.2. The molecule has 0 bridgehead atoms. The molecule has 0 aliphatic rings. The predicted molar refractivity (Wildman–Crippen MR) is 125 cm³/mol. The Hall–Kier alpha value is -4.55. The quantitative estimate of drug-likeness (QED) is 0.307. The van der Waals surface area contributed by atoms with E-state index in [2.05, 4.69) is 25.3 Å². The molecule has 8 nitrogen and oxygen atoms in total. The summed E-state index contributed by atoms with van der Waals surface area (Å²) < 4.78 is 72.9. The average molecular weight is 516 g/mol. The van der Waals surface area contributed by atoms with Gasteiger partial charge in [-0.2, -0.15) is 13.2 Å².